The van der Waals surface area contributed by atoms with Crippen molar-refractivity contribution in [1.29, 1.82) is 0 Å². The lowest BCUT2D eigenvalue weighted by Crippen LogP contribution is -2.27. The van der Waals surface area contributed by atoms with Crippen LogP contribution in [0, 0.1) is 20.8 Å². The van der Waals surface area contributed by atoms with Gasteiger partial charge >= 0.3 is 0 Å². The Morgan fingerprint density at radius 3 is 1.74 bits per heavy atom. The fourth-order valence-electron chi connectivity index (χ4n) is 5.02. The monoisotopic (exact) mass is 529 g/mol. The minimum absolute atomic E-state index is 0.481. The predicted molar refractivity (Wildman–Crippen MR) is 168 cm³/mol. The molecule has 0 saturated carbocycles. The van der Waals surface area contributed by atoms with E-state index in [-0.39, 0.29) is 0 Å². The Bertz CT molecular complexity index is 1460. The second-order valence-corrected chi connectivity index (χ2v) is 11.4. The van der Waals surface area contributed by atoms with Gasteiger partial charge in [-0.25, -0.2) is 0 Å². The maximum atomic E-state index is 6.51. The van der Waals surface area contributed by atoms with Crippen LogP contribution in [0.1, 0.15) is 33.4 Å². The zero-order chi connectivity index (χ0) is 27.0. The van der Waals surface area contributed by atoms with Crippen LogP contribution in [0.3, 0.4) is 0 Å². The third-order valence-electron chi connectivity index (χ3n) is 6.93. The van der Waals surface area contributed by atoms with Crippen molar-refractivity contribution in [2.45, 2.75) is 40.5 Å². The average Bonchev–Trinajstić information content (AvgIpc) is 2.95. The van der Waals surface area contributed by atoms with E-state index >= 15 is 0 Å². The van der Waals surface area contributed by atoms with Crippen molar-refractivity contribution in [1.82, 2.24) is 0 Å². The topological polar surface area (TPSA) is 12.5 Å². The lowest BCUT2D eigenvalue weighted by molar-refractivity contribution is 0.307. The molecule has 0 saturated heterocycles. The van der Waals surface area contributed by atoms with E-state index in [4.69, 9.17) is 4.74 Å². The molecule has 1 unspecified atom stereocenters. The molecule has 0 N–H and O–H groups in total. The smallest absolute Gasteiger partial charge is 0.130 e. The molecular weight excluding hydrogens is 493 g/mol. The molecule has 2 nitrogen and oxygen atoms in total. The fourth-order valence-corrected chi connectivity index (χ4v) is 6.62. The molecule has 5 aromatic carbocycles. The second kappa shape index (κ2) is 12.8. The van der Waals surface area contributed by atoms with E-state index in [2.05, 4.69) is 141 Å². The molecule has 0 fully saturated rings. The van der Waals surface area contributed by atoms with E-state index in [1.165, 1.54) is 49.7 Å². The van der Waals surface area contributed by atoms with Gasteiger partial charge in [-0.3, -0.25) is 0 Å². The van der Waals surface area contributed by atoms with Gasteiger partial charge in [0.05, 0.1) is 0 Å². The van der Waals surface area contributed by atoms with E-state index in [0.717, 1.165) is 18.8 Å². The number of hydrogen-bond donors (Lipinski definition) is 0. The third kappa shape index (κ3) is 6.96. The number of anilines is 1. The van der Waals surface area contributed by atoms with Crippen LogP contribution in [0.2, 0.25) is 0 Å². The molecule has 0 heterocycles. The van der Waals surface area contributed by atoms with E-state index in [9.17, 15) is 0 Å². The Labute approximate surface area is 235 Å². The molecule has 0 aliphatic carbocycles. The van der Waals surface area contributed by atoms with Crippen LogP contribution in [0.4, 0.5) is 5.69 Å². The lowest BCUT2D eigenvalue weighted by Gasteiger charge is -2.29. The zero-order valence-electron chi connectivity index (χ0n) is 23.0. The average molecular weight is 530 g/mol. The van der Waals surface area contributed by atoms with Crippen LogP contribution < -0.4 is 20.2 Å². The van der Waals surface area contributed by atoms with Gasteiger partial charge in [0.1, 0.15) is 12.4 Å². The van der Waals surface area contributed by atoms with Crippen molar-refractivity contribution in [2.75, 3.05) is 4.90 Å². The highest BCUT2D eigenvalue weighted by atomic mass is 31.1. The molecule has 1 atom stereocenters. The van der Waals surface area contributed by atoms with Gasteiger partial charge < -0.3 is 9.64 Å². The zero-order valence-corrected chi connectivity index (χ0v) is 24.0. The molecule has 39 heavy (non-hydrogen) atoms. The van der Waals surface area contributed by atoms with Gasteiger partial charge in [-0.05, 0) is 66.3 Å². The van der Waals surface area contributed by atoms with Gasteiger partial charge in [0.25, 0.3) is 0 Å². The molecule has 0 bridgehead atoms. The summed E-state index contributed by atoms with van der Waals surface area (Å²) in [6, 6.07) is 43.2. The SMILES string of the molecule is Cc1cc(C)c(OCc2ccccc2)c(Pc2c(C)cccc2N(Cc2ccccc2)Cc2ccccc2)c1. The molecule has 3 heteroatoms. The van der Waals surface area contributed by atoms with Gasteiger partial charge in [0, 0.05) is 29.4 Å². The normalized spacial score (nSPS) is 11.2. The molecule has 5 aromatic rings. The first kappa shape index (κ1) is 26.7. The Hall–Kier alpha value is -3.87. The summed E-state index contributed by atoms with van der Waals surface area (Å²) in [5, 5.41) is 2.64. The van der Waals surface area contributed by atoms with Crippen LogP contribution >= 0.6 is 8.58 Å². The van der Waals surface area contributed by atoms with Gasteiger partial charge in [-0.1, -0.05) is 118 Å². The number of benzene rings is 5. The van der Waals surface area contributed by atoms with Gasteiger partial charge in [-0.15, -0.1) is 0 Å². The molecule has 0 radical (unpaired) electrons. The Morgan fingerprint density at radius 2 is 1.15 bits per heavy atom. The van der Waals surface area contributed by atoms with Crippen LogP contribution in [-0.2, 0) is 19.7 Å². The second-order valence-electron chi connectivity index (χ2n) is 10.2. The maximum Gasteiger partial charge on any atom is 0.130 e. The highest BCUT2D eigenvalue weighted by molar-refractivity contribution is 7.56. The molecule has 5 rings (SSSR count). The quantitative estimate of drug-likeness (QED) is 0.170. The Balaban J connectivity index is 1.52. The number of hydrogen-bond acceptors (Lipinski definition) is 2. The van der Waals surface area contributed by atoms with Crippen molar-refractivity contribution in [3.8, 4) is 5.75 Å². The van der Waals surface area contributed by atoms with E-state index < -0.39 is 0 Å². The van der Waals surface area contributed by atoms with Crippen molar-refractivity contribution < 1.29 is 4.74 Å². The molecule has 0 spiro atoms. The summed E-state index contributed by atoms with van der Waals surface area (Å²) in [4.78, 5) is 2.52. The van der Waals surface area contributed by atoms with Crippen LogP contribution in [0.15, 0.2) is 121 Å². The largest absolute Gasteiger partial charge is 0.488 e. The number of nitrogens with zero attached hydrogens (tertiary/aromatic N) is 1. The van der Waals surface area contributed by atoms with Crippen molar-refractivity contribution in [3.05, 3.63) is 155 Å². The molecule has 0 aliphatic heterocycles. The van der Waals surface area contributed by atoms with E-state index in [1.54, 1.807) is 0 Å². The molecule has 0 aromatic heterocycles. The summed E-state index contributed by atoms with van der Waals surface area (Å²) in [5.74, 6) is 1.01. The van der Waals surface area contributed by atoms with E-state index in [0.29, 0.717) is 15.2 Å². The minimum Gasteiger partial charge on any atom is -0.488 e. The van der Waals surface area contributed by atoms with Crippen molar-refractivity contribution in [3.63, 3.8) is 0 Å². The summed E-state index contributed by atoms with van der Waals surface area (Å²) >= 11 is 0. The number of aryl methyl sites for hydroxylation is 3. The van der Waals surface area contributed by atoms with Gasteiger partial charge in [-0.2, -0.15) is 0 Å². The third-order valence-corrected chi connectivity index (χ3v) is 8.47. The lowest BCUT2D eigenvalue weighted by atomic mass is 10.1. The predicted octanol–water partition coefficient (Wildman–Crippen LogP) is 8.03. The number of ether oxygens (including phenoxy) is 1. The number of rotatable bonds is 10. The Kier molecular flexibility index (Phi) is 8.76. The Morgan fingerprint density at radius 1 is 0.590 bits per heavy atom. The molecule has 0 aliphatic rings. The summed E-state index contributed by atoms with van der Waals surface area (Å²) in [6.07, 6.45) is 0. The van der Waals surface area contributed by atoms with Gasteiger partial charge in [0.15, 0.2) is 0 Å². The standard InChI is InChI=1S/C36H36NOP/c1-27-22-29(3)35(38-26-32-19-11-6-12-20-32)34(23-27)39-36-28(2)14-13-21-33(36)37(24-30-15-7-4-8-16-30)25-31-17-9-5-10-18-31/h4-23,39H,24-26H2,1-3H3. The summed E-state index contributed by atoms with van der Waals surface area (Å²) in [6.45, 7) is 8.84. The summed E-state index contributed by atoms with van der Waals surface area (Å²) in [5.41, 5.74) is 8.85. The van der Waals surface area contributed by atoms with E-state index in [1.807, 2.05) is 6.07 Å². The highest BCUT2D eigenvalue weighted by Crippen LogP contribution is 2.31. The minimum atomic E-state index is 0.481. The van der Waals surface area contributed by atoms with Crippen LogP contribution in [0.5, 0.6) is 5.75 Å². The fraction of sp³-hybridized carbons (Fsp3) is 0.167. The first-order valence-electron chi connectivity index (χ1n) is 13.5. The van der Waals surface area contributed by atoms with Crippen molar-refractivity contribution >= 4 is 24.9 Å². The van der Waals surface area contributed by atoms with Crippen LogP contribution in [-0.4, -0.2) is 0 Å². The highest BCUT2D eigenvalue weighted by Gasteiger charge is 2.18. The maximum absolute atomic E-state index is 6.51. The van der Waals surface area contributed by atoms with Crippen molar-refractivity contribution in [2.24, 2.45) is 0 Å². The molecule has 196 valence electrons. The summed E-state index contributed by atoms with van der Waals surface area (Å²) < 4.78 is 6.51. The molecule has 0 amide bonds. The first-order valence-corrected chi connectivity index (χ1v) is 14.5. The molecular formula is C36H36NOP. The van der Waals surface area contributed by atoms with Gasteiger partial charge in [0.2, 0.25) is 0 Å². The van der Waals surface area contributed by atoms with Crippen LogP contribution in [0.25, 0.3) is 0 Å². The first-order chi connectivity index (χ1) is 19.1. The summed E-state index contributed by atoms with van der Waals surface area (Å²) in [7, 11) is 0.481.